The molecule has 13 heavy (non-hydrogen) atoms. The zero-order valence-corrected chi connectivity index (χ0v) is 8.59. The van der Waals surface area contributed by atoms with Crippen molar-refractivity contribution in [3.8, 4) is 0 Å². The Morgan fingerprint density at radius 1 is 1.54 bits per heavy atom. The van der Waals surface area contributed by atoms with Crippen molar-refractivity contribution in [1.82, 2.24) is 4.90 Å². The molecule has 1 saturated heterocycles. The largest absolute Gasteiger partial charge is 0.383 e. The van der Waals surface area contributed by atoms with Crippen molar-refractivity contribution in [3.63, 3.8) is 0 Å². The van der Waals surface area contributed by atoms with Crippen LogP contribution in [0.5, 0.6) is 0 Å². The van der Waals surface area contributed by atoms with Crippen molar-refractivity contribution in [2.24, 2.45) is 0 Å². The second-order valence-corrected chi connectivity index (χ2v) is 3.25. The first-order valence-corrected chi connectivity index (χ1v) is 4.55. The van der Waals surface area contributed by atoms with Crippen LogP contribution in [0.1, 0.15) is 19.8 Å². The van der Waals surface area contributed by atoms with E-state index in [-0.39, 0.29) is 0 Å². The smallest absolute Gasteiger partial charge is 0.235 e. The van der Waals surface area contributed by atoms with Crippen LogP contribution in [0.2, 0.25) is 0 Å². The van der Waals surface area contributed by atoms with Crippen LogP contribution in [0.3, 0.4) is 0 Å². The van der Waals surface area contributed by atoms with E-state index in [0.717, 1.165) is 13.5 Å². The Hall–Kier alpha value is -0.220. The van der Waals surface area contributed by atoms with Crippen LogP contribution in [0.15, 0.2) is 0 Å². The van der Waals surface area contributed by atoms with E-state index in [2.05, 4.69) is 11.9 Å². The van der Waals surface area contributed by atoms with Crippen LogP contribution < -0.4 is 0 Å². The number of likely N-dealkylation sites (tertiary alicyclic amines) is 1. The van der Waals surface area contributed by atoms with Gasteiger partial charge in [-0.1, -0.05) is 0 Å². The Morgan fingerprint density at radius 2 is 2.08 bits per heavy atom. The van der Waals surface area contributed by atoms with Crippen molar-refractivity contribution in [2.45, 2.75) is 32.2 Å². The number of nitrogens with zero attached hydrogens (tertiary/aromatic N) is 1. The Bertz CT molecular complexity index is 119. The standard InChI is InChI=1S/C7H15NO.C2H4F2/c1-8-5-3-4-7(8)6-9-2;1-2(3)4/h7H,3-6H2,1-2H3;2H,1H3. The van der Waals surface area contributed by atoms with Gasteiger partial charge in [-0.3, -0.25) is 0 Å². The Balaban J connectivity index is 0.000000310. The summed E-state index contributed by atoms with van der Waals surface area (Å²) in [5.74, 6) is 0. The predicted molar refractivity (Wildman–Crippen MR) is 49.2 cm³/mol. The first-order valence-electron chi connectivity index (χ1n) is 4.55. The minimum atomic E-state index is -2.17. The summed E-state index contributed by atoms with van der Waals surface area (Å²) in [5.41, 5.74) is 0. The summed E-state index contributed by atoms with van der Waals surface area (Å²) in [6, 6.07) is 0.690. The highest BCUT2D eigenvalue weighted by Crippen LogP contribution is 2.13. The van der Waals surface area contributed by atoms with E-state index >= 15 is 0 Å². The molecular formula is C9H19F2NO. The third-order valence-electron chi connectivity index (χ3n) is 2.03. The summed E-state index contributed by atoms with van der Waals surface area (Å²) in [6.45, 7) is 2.98. The second kappa shape index (κ2) is 7.21. The SMILES string of the molecule is CC(F)F.COCC1CCCN1C. The lowest BCUT2D eigenvalue weighted by Gasteiger charge is -2.17. The van der Waals surface area contributed by atoms with Gasteiger partial charge in [-0.2, -0.15) is 0 Å². The molecule has 1 unspecified atom stereocenters. The molecular weight excluding hydrogens is 176 g/mol. The van der Waals surface area contributed by atoms with Gasteiger partial charge >= 0.3 is 0 Å². The summed E-state index contributed by atoms with van der Waals surface area (Å²) >= 11 is 0. The number of ether oxygens (including phenoxy) is 1. The molecule has 2 nitrogen and oxygen atoms in total. The molecule has 0 saturated carbocycles. The monoisotopic (exact) mass is 195 g/mol. The van der Waals surface area contributed by atoms with Crippen LogP contribution in [-0.2, 0) is 4.74 Å². The average Bonchev–Trinajstić information content (AvgIpc) is 2.36. The Kier molecular flexibility index (Phi) is 7.09. The fourth-order valence-electron chi connectivity index (χ4n) is 1.38. The lowest BCUT2D eigenvalue weighted by Crippen LogP contribution is -2.28. The number of hydrogen-bond donors (Lipinski definition) is 0. The summed E-state index contributed by atoms with van der Waals surface area (Å²) in [5, 5.41) is 0. The lowest BCUT2D eigenvalue weighted by molar-refractivity contribution is 0.129. The number of alkyl halides is 2. The molecule has 0 bridgehead atoms. The normalized spacial score (nSPS) is 23.1. The zero-order chi connectivity index (χ0) is 10.3. The molecule has 1 rings (SSSR count). The molecule has 0 amide bonds. The molecule has 0 spiro atoms. The van der Waals surface area contributed by atoms with Crippen molar-refractivity contribution in [3.05, 3.63) is 0 Å². The minimum absolute atomic E-state index is 0.690. The highest BCUT2D eigenvalue weighted by Gasteiger charge is 2.19. The first kappa shape index (κ1) is 12.8. The van der Waals surface area contributed by atoms with Gasteiger partial charge in [0.15, 0.2) is 0 Å². The maximum Gasteiger partial charge on any atom is 0.235 e. The van der Waals surface area contributed by atoms with Crippen LogP contribution in [-0.4, -0.2) is 44.7 Å². The minimum Gasteiger partial charge on any atom is -0.383 e. The number of methoxy groups -OCH3 is 1. The zero-order valence-electron chi connectivity index (χ0n) is 8.59. The molecule has 0 aromatic carbocycles. The molecule has 0 N–H and O–H groups in total. The van der Waals surface area contributed by atoms with Gasteiger partial charge < -0.3 is 9.64 Å². The summed E-state index contributed by atoms with van der Waals surface area (Å²) in [6.07, 6.45) is 0.481. The quantitative estimate of drug-likeness (QED) is 0.668. The van der Waals surface area contributed by atoms with Gasteiger partial charge in [-0.05, 0) is 33.4 Å². The van der Waals surface area contributed by atoms with E-state index in [0.29, 0.717) is 6.04 Å². The van der Waals surface area contributed by atoms with E-state index in [1.807, 2.05) is 0 Å². The molecule has 1 aliphatic rings. The maximum absolute atomic E-state index is 10.3. The van der Waals surface area contributed by atoms with Crippen LogP contribution in [0.4, 0.5) is 8.78 Å². The number of rotatable bonds is 2. The van der Waals surface area contributed by atoms with E-state index in [1.54, 1.807) is 7.11 Å². The summed E-state index contributed by atoms with van der Waals surface area (Å²) in [7, 11) is 3.93. The van der Waals surface area contributed by atoms with Crippen molar-refractivity contribution >= 4 is 0 Å². The Morgan fingerprint density at radius 3 is 2.38 bits per heavy atom. The molecule has 1 atom stereocenters. The Labute approximate surface area is 78.9 Å². The summed E-state index contributed by atoms with van der Waals surface area (Å²) in [4.78, 5) is 2.36. The molecule has 0 radical (unpaired) electrons. The van der Waals surface area contributed by atoms with Gasteiger partial charge in [0.25, 0.3) is 0 Å². The predicted octanol–water partition coefficient (Wildman–Crippen LogP) is 2.00. The first-order chi connectivity index (χ1) is 6.07. The molecule has 80 valence electrons. The molecule has 1 heterocycles. The van der Waals surface area contributed by atoms with Crippen molar-refractivity contribution in [1.29, 1.82) is 0 Å². The van der Waals surface area contributed by atoms with Gasteiger partial charge in [0.05, 0.1) is 6.61 Å². The number of likely N-dealkylation sites (N-methyl/N-ethyl adjacent to an activating group) is 1. The van der Waals surface area contributed by atoms with E-state index in [9.17, 15) is 8.78 Å². The highest BCUT2D eigenvalue weighted by molar-refractivity contribution is 4.75. The van der Waals surface area contributed by atoms with Crippen LogP contribution >= 0.6 is 0 Å². The number of hydrogen-bond acceptors (Lipinski definition) is 2. The van der Waals surface area contributed by atoms with Crippen molar-refractivity contribution in [2.75, 3.05) is 27.3 Å². The van der Waals surface area contributed by atoms with E-state index in [4.69, 9.17) is 4.74 Å². The fraction of sp³-hybridized carbons (Fsp3) is 1.00. The van der Waals surface area contributed by atoms with E-state index < -0.39 is 6.43 Å². The topological polar surface area (TPSA) is 12.5 Å². The van der Waals surface area contributed by atoms with Crippen LogP contribution in [0, 0.1) is 0 Å². The molecule has 1 aliphatic heterocycles. The molecule has 0 aromatic heterocycles. The third-order valence-corrected chi connectivity index (χ3v) is 2.03. The van der Waals surface area contributed by atoms with Crippen LogP contribution in [0.25, 0.3) is 0 Å². The molecule has 0 aliphatic carbocycles. The van der Waals surface area contributed by atoms with Gasteiger partial charge in [-0.25, -0.2) is 8.78 Å². The molecule has 4 heteroatoms. The maximum atomic E-state index is 10.3. The highest BCUT2D eigenvalue weighted by atomic mass is 19.3. The fourth-order valence-corrected chi connectivity index (χ4v) is 1.38. The third kappa shape index (κ3) is 6.90. The molecule has 0 aromatic rings. The molecule has 1 fully saturated rings. The summed E-state index contributed by atoms with van der Waals surface area (Å²) < 4.78 is 25.7. The van der Waals surface area contributed by atoms with Gasteiger partial charge in [0, 0.05) is 13.2 Å². The van der Waals surface area contributed by atoms with E-state index in [1.165, 1.54) is 19.4 Å². The lowest BCUT2D eigenvalue weighted by atomic mass is 10.2. The van der Waals surface area contributed by atoms with Gasteiger partial charge in [0.1, 0.15) is 0 Å². The van der Waals surface area contributed by atoms with Crippen molar-refractivity contribution < 1.29 is 13.5 Å². The average molecular weight is 195 g/mol. The van der Waals surface area contributed by atoms with Gasteiger partial charge in [-0.15, -0.1) is 0 Å². The number of halogens is 2. The second-order valence-electron chi connectivity index (χ2n) is 3.25. The van der Waals surface area contributed by atoms with Gasteiger partial charge in [0.2, 0.25) is 6.43 Å².